The normalized spacial score (nSPS) is 18.5. The maximum Gasteiger partial charge on any atom is 0.338 e. The summed E-state index contributed by atoms with van der Waals surface area (Å²) in [5.41, 5.74) is 5.38. The quantitative estimate of drug-likeness (QED) is 0.352. The Labute approximate surface area is 215 Å². The van der Waals surface area contributed by atoms with Crippen molar-refractivity contribution < 1.29 is 14.3 Å². The molecule has 0 bridgehead atoms. The molecule has 0 spiro atoms. The van der Waals surface area contributed by atoms with Crippen LogP contribution < -0.4 is 10.6 Å². The summed E-state index contributed by atoms with van der Waals surface area (Å²) < 4.78 is 5.47. The smallest absolute Gasteiger partial charge is 0.338 e. The van der Waals surface area contributed by atoms with E-state index in [1.807, 2.05) is 49.4 Å². The van der Waals surface area contributed by atoms with Crippen LogP contribution in [0.1, 0.15) is 89.6 Å². The molecule has 1 atom stereocenters. The summed E-state index contributed by atoms with van der Waals surface area (Å²) in [6.07, 6.45) is 6.93. The van der Waals surface area contributed by atoms with Crippen LogP contribution in [-0.2, 0) is 11.3 Å². The molecular weight excluding hydrogens is 470 g/mol. The van der Waals surface area contributed by atoms with Crippen molar-refractivity contribution >= 4 is 28.9 Å². The second kappa shape index (κ2) is 11.1. The fraction of sp³-hybridized carbons (Fsp3) is 0.345. The van der Waals surface area contributed by atoms with Crippen molar-refractivity contribution in [2.24, 2.45) is 0 Å². The lowest BCUT2D eigenvalue weighted by Gasteiger charge is -2.29. The molecule has 0 saturated heterocycles. The molecule has 1 fully saturated rings. The van der Waals surface area contributed by atoms with Crippen molar-refractivity contribution in [2.45, 2.75) is 64.0 Å². The van der Waals surface area contributed by atoms with Gasteiger partial charge in [-0.2, -0.15) is 0 Å². The van der Waals surface area contributed by atoms with E-state index in [9.17, 15) is 9.59 Å². The molecule has 36 heavy (non-hydrogen) atoms. The van der Waals surface area contributed by atoms with Gasteiger partial charge in [0.05, 0.1) is 17.3 Å². The third-order valence-corrected chi connectivity index (χ3v) is 7.87. The molecule has 1 saturated carbocycles. The monoisotopic (exact) mass is 501 g/mol. The Balaban J connectivity index is 1.37. The summed E-state index contributed by atoms with van der Waals surface area (Å²) in [6.45, 7) is 2.27. The van der Waals surface area contributed by atoms with Gasteiger partial charge in [-0.15, -0.1) is 11.3 Å². The summed E-state index contributed by atoms with van der Waals surface area (Å²) in [5, 5.41) is 9.19. The van der Waals surface area contributed by atoms with Gasteiger partial charge in [-0.05, 0) is 42.5 Å². The first-order valence-corrected chi connectivity index (χ1v) is 13.6. The summed E-state index contributed by atoms with van der Waals surface area (Å²) in [7, 11) is 0. The van der Waals surface area contributed by atoms with E-state index < -0.39 is 0 Å². The van der Waals surface area contributed by atoms with Crippen LogP contribution in [0.3, 0.4) is 0 Å². The molecular formula is C29H31N3O3S. The number of benzene rings is 2. The van der Waals surface area contributed by atoms with Gasteiger partial charge in [0.2, 0.25) is 0 Å². The minimum absolute atomic E-state index is 0.226. The molecule has 3 aromatic rings. The minimum atomic E-state index is -0.373. The number of amides is 2. The highest BCUT2D eigenvalue weighted by Crippen LogP contribution is 2.39. The van der Waals surface area contributed by atoms with Crippen LogP contribution in [0.25, 0.3) is 5.57 Å². The molecule has 1 unspecified atom stereocenters. The Morgan fingerprint density at radius 3 is 2.53 bits per heavy atom. The van der Waals surface area contributed by atoms with Gasteiger partial charge in [0, 0.05) is 22.6 Å². The molecule has 1 aliphatic heterocycles. The SMILES string of the molecule is CCC1=C(c2nc(C3CCCCC3)cs2)C(c2ccc(C(=O)OCc3ccccc3)cc2)NC(=O)N1. The molecule has 7 heteroatoms. The van der Waals surface area contributed by atoms with E-state index >= 15 is 0 Å². The van der Waals surface area contributed by atoms with Gasteiger partial charge in [0.15, 0.2) is 0 Å². The number of aromatic nitrogens is 1. The van der Waals surface area contributed by atoms with Crippen molar-refractivity contribution in [1.82, 2.24) is 15.6 Å². The lowest BCUT2D eigenvalue weighted by Crippen LogP contribution is -2.43. The number of esters is 1. The van der Waals surface area contributed by atoms with Crippen molar-refractivity contribution in [3.8, 4) is 0 Å². The van der Waals surface area contributed by atoms with E-state index in [0.29, 0.717) is 17.9 Å². The first kappa shape index (κ1) is 24.3. The predicted octanol–water partition coefficient (Wildman–Crippen LogP) is 6.72. The largest absolute Gasteiger partial charge is 0.457 e. The van der Waals surface area contributed by atoms with Crippen LogP contribution >= 0.6 is 11.3 Å². The van der Waals surface area contributed by atoms with Crippen molar-refractivity contribution in [1.29, 1.82) is 0 Å². The summed E-state index contributed by atoms with van der Waals surface area (Å²) in [6, 6.07) is 16.3. The summed E-state index contributed by atoms with van der Waals surface area (Å²) >= 11 is 1.65. The maximum absolute atomic E-state index is 12.6. The van der Waals surface area contributed by atoms with E-state index in [2.05, 4.69) is 16.0 Å². The number of hydrogen-bond acceptors (Lipinski definition) is 5. The van der Waals surface area contributed by atoms with Crippen molar-refractivity contribution in [2.75, 3.05) is 0 Å². The molecule has 2 aliphatic rings. The lowest BCUT2D eigenvalue weighted by molar-refractivity contribution is 0.0472. The van der Waals surface area contributed by atoms with Crippen LogP contribution in [0.2, 0.25) is 0 Å². The highest BCUT2D eigenvalue weighted by molar-refractivity contribution is 7.10. The Hall–Kier alpha value is -3.45. The standard InChI is InChI=1S/C29H31N3O3S/c1-2-23-25(27-30-24(18-36-27)20-11-7-4-8-12-20)26(32-29(34)31-23)21-13-15-22(16-14-21)28(33)35-17-19-9-5-3-6-10-19/h3,5-6,9-10,13-16,18,20,26H,2,4,7-8,11-12,17H2,1H3,(H2,31,32,34). The van der Waals surface area contributed by atoms with Gasteiger partial charge in [0.25, 0.3) is 0 Å². The van der Waals surface area contributed by atoms with Gasteiger partial charge in [-0.3, -0.25) is 0 Å². The first-order valence-electron chi connectivity index (χ1n) is 12.7. The molecule has 5 rings (SSSR count). The van der Waals surface area contributed by atoms with E-state index in [1.54, 1.807) is 23.5 Å². The number of rotatable bonds is 7. The molecule has 0 radical (unpaired) electrons. The van der Waals surface area contributed by atoms with Gasteiger partial charge >= 0.3 is 12.0 Å². The molecule has 1 aliphatic carbocycles. The number of carbonyl (C=O) groups excluding carboxylic acids is 2. The van der Waals surface area contributed by atoms with Crippen LogP contribution in [0.4, 0.5) is 4.79 Å². The minimum Gasteiger partial charge on any atom is -0.457 e. The number of nitrogens with one attached hydrogen (secondary N) is 2. The zero-order valence-electron chi connectivity index (χ0n) is 20.5. The van der Waals surface area contributed by atoms with Crippen molar-refractivity contribution in [3.63, 3.8) is 0 Å². The van der Waals surface area contributed by atoms with Gasteiger partial charge in [-0.25, -0.2) is 14.6 Å². The van der Waals surface area contributed by atoms with E-state index in [1.165, 1.54) is 37.8 Å². The molecule has 2 amide bonds. The Bertz CT molecular complexity index is 1240. The van der Waals surface area contributed by atoms with Crippen LogP contribution in [0.5, 0.6) is 0 Å². The van der Waals surface area contributed by atoms with Crippen molar-refractivity contribution in [3.05, 3.63) is 93.1 Å². The first-order chi connectivity index (χ1) is 17.6. The number of hydrogen-bond donors (Lipinski definition) is 2. The Morgan fingerprint density at radius 2 is 1.81 bits per heavy atom. The number of carbonyl (C=O) groups is 2. The highest BCUT2D eigenvalue weighted by atomic mass is 32.1. The number of nitrogens with zero attached hydrogens (tertiary/aromatic N) is 1. The van der Waals surface area contributed by atoms with Gasteiger partial charge in [-0.1, -0.05) is 68.7 Å². The second-order valence-electron chi connectivity index (χ2n) is 9.37. The van der Waals surface area contributed by atoms with Crippen LogP contribution in [-0.4, -0.2) is 17.0 Å². The zero-order valence-corrected chi connectivity index (χ0v) is 21.3. The summed E-state index contributed by atoms with van der Waals surface area (Å²) in [4.78, 5) is 30.1. The second-order valence-corrected chi connectivity index (χ2v) is 10.2. The van der Waals surface area contributed by atoms with E-state index in [4.69, 9.17) is 9.72 Å². The number of ether oxygens (including phenoxy) is 1. The Kier molecular flexibility index (Phi) is 7.47. The number of allylic oxidation sites excluding steroid dienone is 1. The fourth-order valence-corrected chi connectivity index (χ4v) is 6.02. The fourth-order valence-electron chi connectivity index (χ4n) is 5.01. The maximum atomic E-state index is 12.6. The summed E-state index contributed by atoms with van der Waals surface area (Å²) in [5.74, 6) is 0.155. The van der Waals surface area contributed by atoms with Gasteiger partial charge in [0.1, 0.15) is 11.6 Å². The van der Waals surface area contributed by atoms with E-state index in [0.717, 1.165) is 27.4 Å². The highest BCUT2D eigenvalue weighted by Gasteiger charge is 2.31. The molecule has 1 aromatic heterocycles. The number of urea groups is 1. The molecule has 2 aromatic carbocycles. The van der Waals surface area contributed by atoms with Gasteiger partial charge < -0.3 is 15.4 Å². The average molecular weight is 502 g/mol. The third-order valence-electron chi connectivity index (χ3n) is 6.98. The van der Waals surface area contributed by atoms with Crippen LogP contribution in [0.15, 0.2) is 65.7 Å². The molecule has 2 heterocycles. The molecule has 186 valence electrons. The topological polar surface area (TPSA) is 80.3 Å². The molecule has 6 nitrogen and oxygen atoms in total. The lowest BCUT2D eigenvalue weighted by atomic mass is 9.87. The van der Waals surface area contributed by atoms with Crippen LogP contribution in [0, 0.1) is 0 Å². The number of thiazole rings is 1. The predicted molar refractivity (Wildman–Crippen MR) is 142 cm³/mol. The van der Waals surface area contributed by atoms with E-state index in [-0.39, 0.29) is 24.6 Å². The zero-order chi connectivity index (χ0) is 24.9. The third kappa shape index (κ3) is 5.36. The Morgan fingerprint density at radius 1 is 1.06 bits per heavy atom. The molecule has 2 N–H and O–H groups in total. The average Bonchev–Trinajstić information content (AvgIpc) is 3.42.